The molecule has 0 fully saturated rings. The van der Waals surface area contributed by atoms with Gasteiger partial charge in [0, 0.05) is 18.2 Å². The maximum atomic E-state index is 13.7. The first-order valence-electron chi connectivity index (χ1n) is 11.1. The molecule has 0 radical (unpaired) electrons. The minimum absolute atomic E-state index is 0.157. The number of allylic oxidation sites excluding steroid dienone is 1. The van der Waals surface area contributed by atoms with E-state index < -0.39 is 29.4 Å². The van der Waals surface area contributed by atoms with Crippen LogP contribution in [0.15, 0.2) is 70.0 Å². The molecular formula is C26H21N3O5S. The molecule has 0 unspecified atom stereocenters. The SMILES string of the molecule is CCOC(=O)C1=C(C)n2c(s/c(=C3\C(=O)N(C(C)=O)c4ccccc43)c2=O)=N[C@H]1c1ccccc1. The number of fused-ring (bicyclic) bond motifs is 2. The standard InChI is InChI=1S/C26H21N3O5S/c1-4-34-25(33)19-14(2)28-24(32)22(35-26(28)27-21(19)16-10-6-5-7-11-16)20-17-12-8-9-13-18(17)29(15(3)30)23(20)31/h5-13,21H,4H2,1-3H3/b22-20-/t21-/m0/s1. The number of hydrogen-bond acceptors (Lipinski definition) is 7. The van der Waals surface area contributed by atoms with Gasteiger partial charge in [0.05, 0.1) is 23.4 Å². The van der Waals surface area contributed by atoms with Crippen LogP contribution in [0.25, 0.3) is 11.3 Å². The molecule has 0 aliphatic carbocycles. The number of hydrogen-bond donors (Lipinski definition) is 0. The fraction of sp³-hybridized carbons (Fsp3) is 0.192. The van der Waals surface area contributed by atoms with Crippen LogP contribution >= 0.6 is 11.3 Å². The van der Waals surface area contributed by atoms with Gasteiger partial charge in [0.25, 0.3) is 11.5 Å². The number of thiazole rings is 1. The number of carbonyl (C=O) groups excluding carboxylic acids is 3. The third-order valence-corrected chi connectivity index (χ3v) is 7.06. The van der Waals surface area contributed by atoms with Crippen LogP contribution in [0.4, 0.5) is 5.69 Å². The van der Waals surface area contributed by atoms with E-state index in [0.717, 1.165) is 21.8 Å². The summed E-state index contributed by atoms with van der Waals surface area (Å²) in [5.41, 5.74) is 2.09. The summed E-state index contributed by atoms with van der Waals surface area (Å²) < 4.78 is 6.82. The lowest BCUT2D eigenvalue weighted by Crippen LogP contribution is -2.37. The minimum atomic E-state index is -0.661. The number of imide groups is 1. The van der Waals surface area contributed by atoms with Gasteiger partial charge >= 0.3 is 5.97 Å². The highest BCUT2D eigenvalue weighted by molar-refractivity contribution is 7.07. The van der Waals surface area contributed by atoms with Crippen LogP contribution in [0.1, 0.15) is 37.9 Å². The number of anilines is 1. The van der Waals surface area contributed by atoms with Gasteiger partial charge in [-0.15, -0.1) is 0 Å². The highest BCUT2D eigenvalue weighted by Gasteiger charge is 2.37. The van der Waals surface area contributed by atoms with E-state index in [4.69, 9.17) is 9.73 Å². The molecule has 8 nitrogen and oxygen atoms in total. The summed E-state index contributed by atoms with van der Waals surface area (Å²) in [4.78, 5) is 58.4. The van der Waals surface area contributed by atoms with E-state index in [1.54, 1.807) is 38.1 Å². The van der Waals surface area contributed by atoms with Gasteiger partial charge in [-0.3, -0.25) is 19.0 Å². The van der Waals surface area contributed by atoms with Crippen molar-refractivity contribution in [3.8, 4) is 0 Å². The summed E-state index contributed by atoms with van der Waals surface area (Å²) in [7, 11) is 0. The van der Waals surface area contributed by atoms with Crippen LogP contribution < -0.4 is 19.8 Å². The third-order valence-electron chi connectivity index (χ3n) is 6.00. The van der Waals surface area contributed by atoms with E-state index in [2.05, 4.69) is 0 Å². The van der Waals surface area contributed by atoms with Gasteiger partial charge < -0.3 is 4.74 Å². The molecule has 9 heteroatoms. The lowest BCUT2D eigenvalue weighted by molar-refractivity contribution is -0.138. The van der Waals surface area contributed by atoms with Crippen molar-refractivity contribution in [3.63, 3.8) is 0 Å². The van der Waals surface area contributed by atoms with Crippen LogP contribution in [0.3, 0.4) is 0 Å². The van der Waals surface area contributed by atoms with Crippen molar-refractivity contribution >= 4 is 46.1 Å². The maximum Gasteiger partial charge on any atom is 0.338 e. The summed E-state index contributed by atoms with van der Waals surface area (Å²) in [6.45, 7) is 4.88. The first-order valence-corrected chi connectivity index (χ1v) is 11.9. The van der Waals surface area contributed by atoms with Crippen molar-refractivity contribution in [3.05, 3.63) is 91.0 Å². The van der Waals surface area contributed by atoms with Crippen molar-refractivity contribution in [2.24, 2.45) is 4.99 Å². The van der Waals surface area contributed by atoms with Gasteiger partial charge in [-0.25, -0.2) is 14.7 Å². The molecule has 0 spiro atoms. The predicted molar refractivity (Wildman–Crippen MR) is 131 cm³/mol. The largest absolute Gasteiger partial charge is 0.463 e. The van der Waals surface area contributed by atoms with Crippen molar-refractivity contribution in [2.75, 3.05) is 11.5 Å². The van der Waals surface area contributed by atoms with Crippen LogP contribution in [0, 0.1) is 0 Å². The van der Waals surface area contributed by atoms with Crippen molar-refractivity contribution < 1.29 is 19.1 Å². The fourth-order valence-electron chi connectivity index (χ4n) is 4.49. The number of nitrogens with zero attached hydrogens (tertiary/aromatic N) is 3. The number of amides is 2. The van der Waals surface area contributed by atoms with Crippen LogP contribution in [-0.4, -0.2) is 29.0 Å². The van der Waals surface area contributed by atoms with Crippen LogP contribution in [-0.2, 0) is 19.1 Å². The monoisotopic (exact) mass is 487 g/mol. The Labute approximate surface area is 204 Å². The van der Waals surface area contributed by atoms with Crippen molar-refractivity contribution in [1.29, 1.82) is 0 Å². The van der Waals surface area contributed by atoms with E-state index in [0.29, 0.717) is 21.7 Å². The Morgan fingerprint density at radius 2 is 1.74 bits per heavy atom. The fourth-order valence-corrected chi connectivity index (χ4v) is 5.62. The van der Waals surface area contributed by atoms with Gasteiger partial charge in [-0.1, -0.05) is 59.9 Å². The zero-order valence-electron chi connectivity index (χ0n) is 19.3. The third kappa shape index (κ3) is 3.47. The Morgan fingerprint density at radius 3 is 2.43 bits per heavy atom. The molecule has 0 bridgehead atoms. The molecule has 176 valence electrons. The molecule has 2 amide bonds. The minimum Gasteiger partial charge on any atom is -0.463 e. The highest BCUT2D eigenvalue weighted by atomic mass is 32.1. The number of ether oxygens (including phenoxy) is 1. The summed E-state index contributed by atoms with van der Waals surface area (Å²) in [5, 5.41) is 0. The van der Waals surface area contributed by atoms with E-state index >= 15 is 0 Å². The maximum absolute atomic E-state index is 13.7. The molecule has 2 aliphatic rings. The van der Waals surface area contributed by atoms with Gasteiger partial charge in [0.2, 0.25) is 5.91 Å². The second-order valence-corrected chi connectivity index (χ2v) is 9.05. The summed E-state index contributed by atoms with van der Waals surface area (Å²) >= 11 is 1.07. The number of esters is 1. The molecule has 0 saturated carbocycles. The molecule has 0 N–H and O–H groups in total. The first-order chi connectivity index (χ1) is 16.8. The molecule has 35 heavy (non-hydrogen) atoms. The van der Waals surface area contributed by atoms with Crippen molar-refractivity contribution in [1.82, 2.24) is 4.57 Å². The zero-order valence-corrected chi connectivity index (χ0v) is 20.1. The predicted octanol–water partition coefficient (Wildman–Crippen LogP) is 2.17. The lowest BCUT2D eigenvalue weighted by Gasteiger charge is -2.22. The van der Waals surface area contributed by atoms with E-state index in [1.165, 1.54) is 11.5 Å². The van der Waals surface area contributed by atoms with Gasteiger partial charge in [0.1, 0.15) is 10.6 Å². The molecule has 3 heterocycles. The van der Waals surface area contributed by atoms with Gasteiger partial charge in [-0.2, -0.15) is 0 Å². The number of rotatable bonds is 3. The summed E-state index contributed by atoms with van der Waals surface area (Å²) in [6.07, 6.45) is 0. The average molecular weight is 488 g/mol. The molecule has 2 aromatic carbocycles. The molecule has 1 atom stereocenters. The smallest absolute Gasteiger partial charge is 0.338 e. The van der Waals surface area contributed by atoms with E-state index in [9.17, 15) is 19.2 Å². The Morgan fingerprint density at radius 1 is 1.06 bits per heavy atom. The molecule has 5 rings (SSSR count). The summed E-state index contributed by atoms with van der Waals surface area (Å²) in [6, 6.07) is 15.5. The topological polar surface area (TPSA) is 98.0 Å². The van der Waals surface area contributed by atoms with Gasteiger partial charge in [-0.05, 0) is 25.5 Å². The number of aromatic nitrogens is 1. The quantitative estimate of drug-likeness (QED) is 0.528. The molecule has 2 aliphatic heterocycles. The second kappa shape index (κ2) is 8.59. The van der Waals surface area contributed by atoms with Gasteiger partial charge in [0.15, 0.2) is 4.80 Å². The number of benzene rings is 2. The average Bonchev–Trinajstić information content (AvgIpc) is 3.32. The molecular weight excluding hydrogens is 466 g/mol. The van der Waals surface area contributed by atoms with Crippen LogP contribution in [0.5, 0.6) is 0 Å². The van der Waals surface area contributed by atoms with Crippen molar-refractivity contribution in [2.45, 2.75) is 26.8 Å². The second-order valence-electron chi connectivity index (χ2n) is 8.07. The number of carbonyl (C=O) groups is 3. The zero-order chi connectivity index (χ0) is 24.9. The Hall–Kier alpha value is -4.11. The van der Waals surface area contributed by atoms with E-state index in [1.807, 2.05) is 30.3 Å². The van der Waals surface area contributed by atoms with E-state index in [-0.39, 0.29) is 22.3 Å². The normalized spacial score (nSPS) is 18.2. The lowest BCUT2D eigenvalue weighted by atomic mass is 9.97. The molecule has 0 saturated heterocycles. The van der Waals surface area contributed by atoms with Crippen LogP contribution in [0.2, 0.25) is 0 Å². The highest BCUT2D eigenvalue weighted by Crippen LogP contribution is 2.35. The molecule has 1 aromatic heterocycles. The Balaban J connectivity index is 1.83. The Kier molecular flexibility index (Phi) is 5.56. The first kappa shape index (κ1) is 22.7. The molecule has 3 aromatic rings. The number of para-hydroxylation sites is 1. The Bertz CT molecular complexity index is 1610. The summed E-state index contributed by atoms with van der Waals surface area (Å²) in [5.74, 6) is -1.54.